The van der Waals surface area contributed by atoms with E-state index in [9.17, 15) is 4.79 Å². The molecule has 0 unspecified atom stereocenters. The van der Waals surface area contributed by atoms with Crippen LogP contribution >= 0.6 is 0 Å². The quantitative estimate of drug-likeness (QED) is 0.196. The van der Waals surface area contributed by atoms with Gasteiger partial charge in [-0.25, -0.2) is 0 Å². The van der Waals surface area contributed by atoms with Gasteiger partial charge in [-0.1, -0.05) is 70.8 Å². The lowest BCUT2D eigenvalue weighted by atomic mass is 10.1. The van der Waals surface area contributed by atoms with Crippen LogP contribution < -0.4 is 9.47 Å². The molecule has 1 aromatic rings. The van der Waals surface area contributed by atoms with Crippen molar-refractivity contribution in [1.82, 2.24) is 4.90 Å². The maximum atomic E-state index is 11.3. The van der Waals surface area contributed by atoms with Gasteiger partial charge in [0, 0.05) is 19.0 Å². The van der Waals surface area contributed by atoms with Crippen molar-refractivity contribution in [3.8, 4) is 11.5 Å². The van der Waals surface area contributed by atoms with Crippen molar-refractivity contribution in [3.05, 3.63) is 23.8 Å². The smallest absolute Gasteiger partial charge is 0.305 e. The first kappa shape index (κ1) is 27.3. The van der Waals surface area contributed by atoms with E-state index in [-0.39, 0.29) is 5.97 Å². The number of carbonyl (C=O) groups is 1. The van der Waals surface area contributed by atoms with Crippen molar-refractivity contribution >= 4 is 5.97 Å². The Morgan fingerprint density at radius 1 is 0.903 bits per heavy atom. The molecule has 1 rings (SSSR count). The lowest BCUT2D eigenvalue weighted by Gasteiger charge is -2.17. The first-order valence-electron chi connectivity index (χ1n) is 12.2. The summed E-state index contributed by atoms with van der Waals surface area (Å²) in [5.74, 6) is 1.33. The van der Waals surface area contributed by atoms with Gasteiger partial charge in [-0.05, 0) is 38.1 Å². The van der Waals surface area contributed by atoms with E-state index >= 15 is 0 Å². The Balaban J connectivity index is 2.14. The summed E-state index contributed by atoms with van der Waals surface area (Å²) >= 11 is 0. The third-order valence-electron chi connectivity index (χ3n) is 5.72. The molecule has 1 aromatic carbocycles. The molecule has 0 saturated heterocycles. The van der Waals surface area contributed by atoms with Crippen LogP contribution in [0.5, 0.6) is 11.5 Å². The molecule has 0 heterocycles. The Bertz CT molecular complexity index is 591. The highest BCUT2D eigenvalue weighted by atomic mass is 16.5. The van der Waals surface area contributed by atoms with Gasteiger partial charge in [-0.3, -0.25) is 4.79 Å². The van der Waals surface area contributed by atoms with E-state index in [0.717, 1.165) is 30.2 Å². The van der Waals surface area contributed by atoms with Crippen molar-refractivity contribution in [1.29, 1.82) is 0 Å². The van der Waals surface area contributed by atoms with Gasteiger partial charge in [0.2, 0.25) is 0 Å². The standard InChI is InChI=1S/C26H45NO4/c1-5-6-7-8-9-10-11-12-13-14-19-27(2)20-21-31-24-17-15-23(25(22-24)29-3)16-18-26(28)30-4/h15,17,22H,5-14,16,18-21H2,1-4H3. The first-order chi connectivity index (χ1) is 15.1. The highest BCUT2D eigenvalue weighted by molar-refractivity contribution is 5.69. The Hall–Kier alpha value is -1.75. The molecule has 31 heavy (non-hydrogen) atoms. The second-order valence-electron chi connectivity index (χ2n) is 8.38. The molecule has 0 aromatic heterocycles. The minimum atomic E-state index is -0.215. The van der Waals surface area contributed by atoms with Crippen LogP contribution in [-0.4, -0.2) is 51.8 Å². The van der Waals surface area contributed by atoms with Crippen LogP contribution in [0.4, 0.5) is 0 Å². The third-order valence-corrected chi connectivity index (χ3v) is 5.72. The molecule has 0 bridgehead atoms. The molecule has 0 atom stereocenters. The Kier molecular flexibility index (Phi) is 15.7. The summed E-state index contributed by atoms with van der Waals surface area (Å²) in [6.45, 7) is 4.95. The van der Waals surface area contributed by atoms with E-state index in [1.807, 2.05) is 18.2 Å². The highest BCUT2D eigenvalue weighted by Gasteiger charge is 2.09. The van der Waals surface area contributed by atoms with Gasteiger partial charge in [-0.15, -0.1) is 0 Å². The summed E-state index contributed by atoms with van der Waals surface area (Å²) in [6.07, 6.45) is 14.6. The van der Waals surface area contributed by atoms with E-state index in [1.54, 1.807) is 7.11 Å². The van der Waals surface area contributed by atoms with Gasteiger partial charge in [0.1, 0.15) is 18.1 Å². The van der Waals surface area contributed by atoms with Gasteiger partial charge in [0.05, 0.1) is 14.2 Å². The number of methoxy groups -OCH3 is 2. The van der Waals surface area contributed by atoms with Crippen LogP contribution in [0.2, 0.25) is 0 Å². The number of ether oxygens (including phenoxy) is 3. The minimum Gasteiger partial charge on any atom is -0.496 e. The average Bonchev–Trinajstić information content (AvgIpc) is 2.78. The molecule has 0 radical (unpaired) electrons. The molecule has 5 nitrogen and oxygen atoms in total. The van der Waals surface area contributed by atoms with E-state index in [2.05, 4.69) is 18.9 Å². The van der Waals surface area contributed by atoms with E-state index < -0.39 is 0 Å². The minimum absolute atomic E-state index is 0.215. The van der Waals surface area contributed by atoms with Crippen LogP contribution in [0, 0.1) is 0 Å². The van der Waals surface area contributed by atoms with E-state index in [4.69, 9.17) is 14.2 Å². The van der Waals surface area contributed by atoms with E-state index in [1.165, 1.54) is 71.3 Å². The van der Waals surface area contributed by atoms with Crippen molar-refractivity contribution < 1.29 is 19.0 Å². The van der Waals surface area contributed by atoms with Crippen LogP contribution in [0.1, 0.15) is 83.1 Å². The summed E-state index contributed by atoms with van der Waals surface area (Å²) in [7, 11) is 5.21. The van der Waals surface area contributed by atoms with Crippen molar-refractivity contribution in [2.75, 3.05) is 41.0 Å². The molecule has 0 fully saturated rings. The lowest BCUT2D eigenvalue weighted by molar-refractivity contribution is -0.140. The molecule has 5 heteroatoms. The van der Waals surface area contributed by atoms with Crippen LogP contribution in [-0.2, 0) is 16.0 Å². The molecule has 0 N–H and O–H groups in total. The predicted molar refractivity (Wildman–Crippen MR) is 128 cm³/mol. The van der Waals surface area contributed by atoms with Gasteiger partial charge < -0.3 is 19.1 Å². The van der Waals surface area contributed by atoms with E-state index in [0.29, 0.717) is 19.4 Å². The average molecular weight is 436 g/mol. The van der Waals surface area contributed by atoms with Gasteiger partial charge in [-0.2, -0.15) is 0 Å². The summed E-state index contributed by atoms with van der Waals surface area (Å²) in [5, 5.41) is 0. The normalized spacial score (nSPS) is 11.0. The fourth-order valence-corrected chi connectivity index (χ4v) is 3.66. The zero-order valence-corrected chi connectivity index (χ0v) is 20.4. The second kappa shape index (κ2) is 17.9. The molecule has 0 aliphatic carbocycles. The van der Waals surface area contributed by atoms with Crippen LogP contribution in [0.3, 0.4) is 0 Å². The molecule has 178 valence electrons. The Morgan fingerprint density at radius 2 is 1.55 bits per heavy atom. The number of likely N-dealkylation sites (N-methyl/N-ethyl adjacent to an activating group) is 1. The summed E-state index contributed by atoms with van der Waals surface area (Å²) in [6, 6.07) is 5.80. The number of esters is 1. The van der Waals surface area contributed by atoms with Crippen LogP contribution in [0.15, 0.2) is 18.2 Å². The third kappa shape index (κ3) is 13.3. The predicted octanol–water partition coefficient (Wildman–Crippen LogP) is 6.03. The molecule has 0 spiro atoms. The number of unbranched alkanes of at least 4 members (excludes halogenated alkanes) is 9. The van der Waals surface area contributed by atoms with Crippen molar-refractivity contribution in [2.45, 2.75) is 84.0 Å². The molecule has 0 aliphatic heterocycles. The summed E-state index contributed by atoms with van der Waals surface area (Å²) in [5.41, 5.74) is 0.985. The maximum absolute atomic E-state index is 11.3. The summed E-state index contributed by atoms with van der Waals surface area (Å²) < 4.78 is 16.1. The van der Waals surface area contributed by atoms with Gasteiger partial charge in [0.15, 0.2) is 0 Å². The zero-order valence-electron chi connectivity index (χ0n) is 20.4. The maximum Gasteiger partial charge on any atom is 0.305 e. The van der Waals surface area contributed by atoms with Crippen LogP contribution in [0.25, 0.3) is 0 Å². The molecule has 0 saturated carbocycles. The number of hydrogen-bond acceptors (Lipinski definition) is 5. The fraction of sp³-hybridized carbons (Fsp3) is 0.731. The molecule has 0 amide bonds. The highest BCUT2D eigenvalue weighted by Crippen LogP contribution is 2.26. The topological polar surface area (TPSA) is 48.0 Å². The SMILES string of the molecule is CCCCCCCCCCCCN(C)CCOc1ccc(CCC(=O)OC)c(OC)c1. The largest absolute Gasteiger partial charge is 0.496 e. The fourth-order valence-electron chi connectivity index (χ4n) is 3.66. The number of nitrogens with zero attached hydrogens (tertiary/aromatic N) is 1. The monoisotopic (exact) mass is 435 g/mol. The number of hydrogen-bond donors (Lipinski definition) is 0. The number of carbonyl (C=O) groups excluding carboxylic acids is 1. The Labute approximate surface area is 190 Å². The summed E-state index contributed by atoms with van der Waals surface area (Å²) in [4.78, 5) is 13.7. The second-order valence-corrected chi connectivity index (χ2v) is 8.38. The number of aryl methyl sites for hydroxylation is 1. The number of benzene rings is 1. The molecule has 0 aliphatic rings. The van der Waals surface area contributed by atoms with Crippen molar-refractivity contribution in [2.24, 2.45) is 0 Å². The van der Waals surface area contributed by atoms with Gasteiger partial charge >= 0.3 is 5.97 Å². The van der Waals surface area contributed by atoms with Crippen molar-refractivity contribution in [3.63, 3.8) is 0 Å². The Morgan fingerprint density at radius 3 is 2.16 bits per heavy atom. The number of rotatable bonds is 19. The van der Waals surface area contributed by atoms with Gasteiger partial charge in [0.25, 0.3) is 0 Å². The first-order valence-corrected chi connectivity index (χ1v) is 12.2. The lowest BCUT2D eigenvalue weighted by Crippen LogP contribution is -2.25. The molecular formula is C26H45NO4. The zero-order chi connectivity index (χ0) is 22.7. The molecular weight excluding hydrogens is 390 g/mol.